The van der Waals surface area contributed by atoms with Crippen molar-refractivity contribution in [3.63, 3.8) is 0 Å². The summed E-state index contributed by atoms with van der Waals surface area (Å²) in [5.41, 5.74) is 5.16. The van der Waals surface area contributed by atoms with Crippen LogP contribution in [0.1, 0.15) is 22.7 Å². The lowest BCUT2D eigenvalue weighted by Gasteiger charge is -2.39. The summed E-state index contributed by atoms with van der Waals surface area (Å²) in [6.07, 6.45) is 0.989. The molecule has 0 radical (unpaired) electrons. The highest BCUT2D eigenvalue weighted by molar-refractivity contribution is 14.2. The number of hydrogen-bond donors (Lipinski definition) is 0. The minimum atomic E-state index is -0.212. The van der Waals surface area contributed by atoms with Crippen LogP contribution in [0, 0.1) is 5.92 Å². The lowest BCUT2D eigenvalue weighted by molar-refractivity contribution is 0.0668. The van der Waals surface area contributed by atoms with Crippen LogP contribution in [0.5, 0.6) is 11.5 Å². The van der Waals surface area contributed by atoms with E-state index in [-0.39, 0.29) is 18.6 Å². The van der Waals surface area contributed by atoms with Crippen LogP contribution in [-0.2, 0) is 6.42 Å². The van der Waals surface area contributed by atoms with Crippen molar-refractivity contribution in [2.24, 2.45) is 5.92 Å². The van der Waals surface area contributed by atoms with Crippen molar-refractivity contribution in [3.8, 4) is 11.5 Å². The molecule has 0 aromatic heterocycles. The van der Waals surface area contributed by atoms with Gasteiger partial charge >= 0.3 is 0 Å². The number of alkyl halides is 1. The lowest BCUT2D eigenvalue weighted by atomic mass is 9.87. The summed E-state index contributed by atoms with van der Waals surface area (Å²) in [6, 6.07) is 25.8. The van der Waals surface area contributed by atoms with E-state index < -0.39 is 0 Å². The number of hydrogen-bond acceptors (Lipinski definition) is 4. The van der Waals surface area contributed by atoms with E-state index in [1.807, 2.05) is 0 Å². The first kappa shape index (κ1) is 23.8. The van der Waals surface area contributed by atoms with Crippen molar-refractivity contribution in [3.05, 3.63) is 89.5 Å². The van der Waals surface area contributed by atoms with E-state index >= 15 is 0 Å². The highest BCUT2D eigenvalue weighted by Gasteiger charge is 2.29. The van der Waals surface area contributed by atoms with Gasteiger partial charge in [0.05, 0.1) is 12.7 Å². The number of benzene rings is 3. The Morgan fingerprint density at radius 3 is 2.47 bits per heavy atom. The van der Waals surface area contributed by atoms with Crippen molar-refractivity contribution < 1.29 is 13.7 Å². The van der Waals surface area contributed by atoms with Gasteiger partial charge in [0.15, 0.2) is 0 Å². The molecule has 3 aromatic carbocycles. The summed E-state index contributed by atoms with van der Waals surface area (Å²) in [5.74, 6) is 2.04. The fourth-order valence-electron chi connectivity index (χ4n) is 4.96. The second kappa shape index (κ2) is 11.2. The van der Waals surface area contributed by atoms with Crippen LogP contribution in [0.15, 0.2) is 72.8 Å². The van der Waals surface area contributed by atoms with E-state index in [9.17, 15) is 4.39 Å². The standard InChI is InChI=1S/C27H29FIN2O2P/c28-17-20-18-30(19-20)14-15-32-24-8-6-21(7-9-24)27-26-11-10-25(33-34-29)16-22(26)12-13-31(27)23-4-2-1-3-5-23/h1-11,16,20,27,34H,12-15,17-19H2. The van der Waals surface area contributed by atoms with Crippen LogP contribution in [-0.4, -0.2) is 44.4 Å². The minimum absolute atomic E-state index is 0.134. The highest BCUT2D eigenvalue weighted by atomic mass is 127. The number of ether oxygens (including phenoxy) is 1. The Morgan fingerprint density at radius 2 is 1.74 bits per heavy atom. The normalized spacial score (nSPS) is 18.6. The van der Waals surface area contributed by atoms with Crippen molar-refractivity contribution >= 4 is 34.2 Å². The Morgan fingerprint density at radius 1 is 0.971 bits per heavy atom. The smallest absolute Gasteiger partial charge is 0.137 e. The Hall–Kier alpha value is -1.89. The topological polar surface area (TPSA) is 24.9 Å². The van der Waals surface area contributed by atoms with Crippen molar-refractivity contribution in [1.82, 2.24) is 4.90 Å². The molecule has 2 aliphatic rings. The van der Waals surface area contributed by atoms with Crippen LogP contribution in [0.4, 0.5) is 10.1 Å². The number of fused-ring (bicyclic) bond motifs is 1. The zero-order valence-electron chi connectivity index (χ0n) is 19.0. The summed E-state index contributed by atoms with van der Waals surface area (Å²) < 4.78 is 24.4. The molecule has 2 atom stereocenters. The lowest BCUT2D eigenvalue weighted by Crippen LogP contribution is -2.49. The second-order valence-electron chi connectivity index (χ2n) is 8.92. The molecule has 5 rings (SSSR count). The zero-order valence-corrected chi connectivity index (χ0v) is 22.2. The maximum atomic E-state index is 12.6. The fourth-order valence-corrected chi connectivity index (χ4v) is 5.94. The molecule has 1 fully saturated rings. The van der Waals surface area contributed by atoms with Gasteiger partial charge in [-0.2, -0.15) is 0 Å². The third-order valence-electron chi connectivity index (χ3n) is 6.71. The third kappa shape index (κ3) is 5.34. The van der Waals surface area contributed by atoms with E-state index in [1.54, 1.807) is 0 Å². The molecule has 0 spiro atoms. The van der Waals surface area contributed by atoms with Gasteiger partial charge in [-0.25, -0.2) is 0 Å². The van der Waals surface area contributed by atoms with Crippen LogP contribution < -0.4 is 14.2 Å². The maximum absolute atomic E-state index is 12.6. The van der Waals surface area contributed by atoms with Gasteiger partial charge in [0.2, 0.25) is 0 Å². The predicted molar refractivity (Wildman–Crippen MR) is 147 cm³/mol. The Kier molecular flexibility index (Phi) is 7.87. The SMILES string of the molecule is FCC1CN(CCOc2ccc(C3c4ccc(OPI)cc4CCN3c3ccccc3)cc2)C1. The largest absolute Gasteiger partial charge is 0.492 e. The Labute approximate surface area is 215 Å². The van der Waals surface area contributed by atoms with Gasteiger partial charge in [-0.1, -0.05) is 36.4 Å². The van der Waals surface area contributed by atoms with E-state index in [2.05, 4.69) is 105 Å². The quantitative estimate of drug-likeness (QED) is 0.212. The van der Waals surface area contributed by atoms with Gasteiger partial charge in [-0.3, -0.25) is 9.29 Å². The van der Waals surface area contributed by atoms with E-state index in [1.165, 1.54) is 22.4 Å². The molecule has 0 saturated carbocycles. The summed E-state index contributed by atoms with van der Waals surface area (Å²) in [7, 11) is 0. The molecule has 0 N–H and O–H groups in total. The molecule has 2 unspecified atom stereocenters. The molecule has 0 aliphatic carbocycles. The summed E-state index contributed by atoms with van der Waals surface area (Å²) >= 11 is 2.26. The molecule has 0 amide bonds. The molecule has 1 saturated heterocycles. The van der Waals surface area contributed by atoms with Crippen molar-refractivity contribution in [2.45, 2.75) is 12.5 Å². The Bertz CT molecular complexity index is 1080. The molecule has 7 heteroatoms. The number of halogens is 2. The average Bonchev–Trinajstić information content (AvgIpc) is 2.86. The summed E-state index contributed by atoms with van der Waals surface area (Å²) in [5, 5.41) is 0. The first-order valence-corrected chi connectivity index (χ1v) is 15.8. The average molecular weight is 590 g/mol. The van der Waals surface area contributed by atoms with Crippen molar-refractivity contribution in [1.29, 1.82) is 0 Å². The molecule has 3 aromatic rings. The molecule has 2 heterocycles. The Balaban J connectivity index is 1.34. The van der Waals surface area contributed by atoms with E-state index in [4.69, 9.17) is 9.26 Å². The fraction of sp³-hybridized carbons (Fsp3) is 0.333. The van der Waals surface area contributed by atoms with Gasteiger partial charge in [0.25, 0.3) is 0 Å². The monoisotopic (exact) mass is 590 g/mol. The number of rotatable bonds is 9. The van der Waals surface area contributed by atoms with Gasteiger partial charge in [-0.15, -0.1) is 0 Å². The van der Waals surface area contributed by atoms with Gasteiger partial charge < -0.3 is 14.2 Å². The van der Waals surface area contributed by atoms with Crippen molar-refractivity contribution in [2.75, 3.05) is 44.4 Å². The predicted octanol–water partition coefficient (Wildman–Crippen LogP) is 6.44. The highest BCUT2D eigenvalue weighted by Crippen LogP contribution is 2.40. The van der Waals surface area contributed by atoms with Crippen LogP contribution >= 0.6 is 28.5 Å². The number of anilines is 1. The molecular weight excluding hydrogens is 561 g/mol. The number of nitrogens with zero attached hydrogens (tertiary/aromatic N) is 2. The number of para-hydroxylation sites is 1. The van der Waals surface area contributed by atoms with Gasteiger partial charge in [-0.05, 0) is 81.6 Å². The van der Waals surface area contributed by atoms with E-state index in [0.717, 1.165) is 44.1 Å². The van der Waals surface area contributed by atoms with Crippen LogP contribution in [0.25, 0.3) is 0 Å². The molecule has 4 nitrogen and oxygen atoms in total. The second-order valence-corrected chi connectivity index (χ2v) is 10.6. The van der Waals surface area contributed by atoms with Crippen LogP contribution in [0.3, 0.4) is 0 Å². The van der Waals surface area contributed by atoms with Gasteiger partial charge in [0, 0.05) is 37.8 Å². The minimum Gasteiger partial charge on any atom is -0.492 e. The molecule has 34 heavy (non-hydrogen) atoms. The van der Waals surface area contributed by atoms with E-state index in [0.29, 0.717) is 13.1 Å². The van der Waals surface area contributed by atoms with Crippen LogP contribution in [0.2, 0.25) is 0 Å². The molecule has 2 aliphatic heterocycles. The summed E-state index contributed by atoms with van der Waals surface area (Å²) in [6.45, 7) is 4.32. The maximum Gasteiger partial charge on any atom is 0.137 e. The molecule has 178 valence electrons. The zero-order chi connectivity index (χ0) is 23.3. The van der Waals surface area contributed by atoms with Gasteiger partial charge in [0.1, 0.15) is 24.6 Å². The first-order chi connectivity index (χ1) is 16.7. The molecular formula is C27H29FIN2O2P. The summed E-state index contributed by atoms with van der Waals surface area (Å²) in [4.78, 5) is 4.73. The number of likely N-dealkylation sites (tertiary alicyclic amines) is 1. The molecule has 0 bridgehead atoms. The third-order valence-corrected chi connectivity index (χ3v) is 7.68. The first-order valence-electron chi connectivity index (χ1n) is 11.7.